The Hall–Kier alpha value is -3.80. The fourth-order valence-electron chi connectivity index (χ4n) is 4.80. The second-order valence-electron chi connectivity index (χ2n) is 9.19. The summed E-state index contributed by atoms with van der Waals surface area (Å²) in [5.74, 6) is -4.54. The third-order valence-electron chi connectivity index (χ3n) is 6.34. The molecule has 9 heteroatoms. The predicted octanol–water partition coefficient (Wildman–Crippen LogP) is 3.93. The molecule has 34 heavy (non-hydrogen) atoms. The van der Waals surface area contributed by atoms with Crippen molar-refractivity contribution in [1.82, 2.24) is 4.90 Å². The lowest BCUT2D eigenvalue weighted by Gasteiger charge is -2.25. The third-order valence-corrected chi connectivity index (χ3v) is 6.34. The summed E-state index contributed by atoms with van der Waals surface area (Å²) in [5, 5.41) is 5.26. The molecule has 0 bridgehead atoms. The van der Waals surface area contributed by atoms with Gasteiger partial charge >= 0.3 is 6.17 Å². The van der Waals surface area contributed by atoms with E-state index in [9.17, 15) is 23.2 Å². The summed E-state index contributed by atoms with van der Waals surface area (Å²) in [6.07, 6.45) is -0.631. The standard InChI is InChI=1S/C25H24F2N4O3/c1-14(2)8-18(22(32)29-17-10-15(26)9-16(27)11-17)23(33)31-13-25(12-21(31)28-3)19-6-4-5-7-20(19)30-24(25)34/h4-7,9-11,14,18,21H,8,12-13H2,1-2H3,(H,29,32)(H,30,34)/t18-,21+,25+/m1/s1. The minimum atomic E-state index is -1.19. The number of carbonyl (C=O) groups is 3. The van der Waals surface area contributed by atoms with Gasteiger partial charge in [-0.3, -0.25) is 24.1 Å². The van der Waals surface area contributed by atoms with Gasteiger partial charge in [0.1, 0.15) is 23.0 Å². The molecule has 2 aromatic rings. The Morgan fingerprint density at radius 1 is 1.24 bits per heavy atom. The van der Waals surface area contributed by atoms with Crippen LogP contribution in [0.4, 0.5) is 20.2 Å². The molecule has 7 nitrogen and oxygen atoms in total. The van der Waals surface area contributed by atoms with Gasteiger partial charge in [-0.15, -0.1) is 0 Å². The number of likely N-dealkylation sites (tertiary alicyclic amines) is 1. The van der Waals surface area contributed by atoms with Crippen molar-refractivity contribution in [3.63, 3.8) is 0 Å². The highest BCUT2D eigenvalue weighted by molar-refractivity contribution is 6.09. The molecule has 2 aromatic carbocycles. The van der Waals surface area contributed by atoms with Crippen molar-refractivity contribution in [2.75, 3.05) is 17.2 Å². The summed E-state index contributed by atoms with van der Waals surface area (Å²) < 4.78 is 27.2. The van der Waals surface area contributed by atoms with Gasteiger partial charge in [0.2, 0.25) is 17.7 Å². The first-order valence-corrected chi connectivity index (χ1v) is 11.0. The molecule has 2 N–H and O–H groups in total. The lowest BCUT2D eigenvalue weighted by Crippen LogP contribution is -2.45. The molecular weight excluding hydrogens is 442 g/mol. The molecule has 1 spiro atoms. The van der Waals surface area contributed by atoms with Crippen LogP contribution in [-0.4, -0.2) is 35.3 Å². The Labute approximate surface area is 195 Å². The molecule has 3 atom stereocenters. The number of benzene rings is 2. The number of nitrogens with one attached hydrogen (secondary N) is 2. The van der Waals surface area contributed by atoms with Crippen LogP contribution in [0.25, 0.3) is 4.85 Å². The summed E-state index contributed by atoms with van der Waals surface area (Å²) in [7, 11) is 0. The van der Waals surface area contributed by atoms with E-state index in [1.165, 1.54) is 4.90 Å². The minimum Gasteiger partial charge on any atom is -0.325 e. The summed E-state index contributed by atoms with van der Waals surface area (Å²) in [6, 6.07) is 9.77. The summed E-state index contributed by atoms with van der Waals surface area (Å²) in [6.45, 7) is 11.3. The smallest absolute Gasteiger partial charge is 0.302 e. The number of nitrogens with zero attached hydrogens (tertiary/aromatic N) is 2. The molecule has 0 radical (unpaired) electrons. The predicted molar refractivity (Wildman–Crippen MR) is 121 cm³/mol. The number of fused-ring (bicyclic) bond motifs is 2. The number of carbonyl (C=O) groups excluding carboxylic acids is 3. The molecule has 2 heterocycles. The maximum atomic E-state index is 13.6. The van der Waals surface area contributed by atoms with Gasteiger partial charge < -0.3 is 10.6 Å². The van der Waals surface area contributed by atoms with E-state index in [2.05, 4.69) is 15.5 Å². The summed E-state index contributed by atoms with van der Waals surface area (Å²) in [4.78, 5) is 44.6. The molecule has 2 aliphatic rings. The van der Waals surface area contributed by atoms with Crippen molar-refractivity contribution < 1.29 is 23.2 Å². The van der Waals surface area contributed by atoms with Gasteiger partial charge in [-0.05, 0) is 36.1 Å². The van der Waals surface area contributed by atoms with Crippen LogP contribution >= 0.6 is 0 Å². The van der Waals surface area contributed by atoms with E-state index >= 15 is 0 Å². The zero-order valence-corrected chi connectivity index (χ0v) is 18.8. The van der Waals surface area contributed by atoms with Crippen molar-refractivity contribution >= 4 is 29.1 Å². The Balaban J connectivity index is 1.63. The molecule has 2 aliphatic heterocycles. The monoisotopic (exact) mass is 466 g/mol. The van der Waals surface area contributed by atoms with E-state index in [1.54, 1.807) is 24.3 Å². The summed E-state index contributed by atoms with van der Waals surface area (Å²) >= 11 is 0. The number of hydrogen-bond acceptors (Lipinski definition) is 3. The van der Waals surface area contributed by atoms with Gasteiger partial charge in [0, 0.05) is 24.0 Å². The maximum absolute atomic E-state index is 13.6. The number of amides is 3. The van der Waals surface area contributed by atoms with Gasteiger partial charge in [0.05, 0.1) is 6.42 Å². The van der Waals surface area contributed by atoms with Crippen LogP contribution in [0.5, 0.6) is 0 Å². The van der Waals surface area contributed by atoms with Gasteiger partial charge in [-0.2, -0.15) is 0 Å². The molecule has 0 unspecified atom stereocenters. The van der Waals surface area contributed by atoms with Gasteiger partial charge in [0.25, 0.3) is 0 Å². The van der Waals surface area contributed by atoms with Crippen molar-refractivity contribution in [2.45, 2.75) is 38.3 Å². The number of para-hydroxylation sites is 1. The van der Waals surface area contributed by atoms with Gasteiger partial charge in [0.15, 0.2) is 0 Å². The van der Waals surface area contributed by atoms with E-state index in [0.717, 1.165) is 17.7 Å². The topological polar surface area (TPSA) is 82.9 Å². The van der Waals surface area contributed by atoms with Crippen molar-refractivity contribution in [3.05, 3.63) is 71.1 Å². The Morgan fingerprint density at radius 3 is 2.56 bits per heavy atom. The highest BCUT2D eigenvalue weighted by Gasteiger charge is 2.59. The quantitative estimate of drug-likeness (QED) is 0.517. The largest absolute Gasteiger partial charge is 0.325 e. The van der Waals surface area contributed by atoms with Gasteiger partial charge in [-0.25, -0.2) is 15.4 Å². The molecule has 3 amide bonds. The maximum Gasteiger partial charge on any atom is 0.302 e. The first-order chi connectivity index (χ1) is 16.1. The van der Waals surface area contributed by atoms with Crippen LogP contribution in [0.3, 0.4) is 0 Å². The molecule has 0 saturated carbocycles. The van der Waals surface area contributed by atoms with Crippen molar-refractivity contribution in [3.8, 4) is 0 Å². The average Bonchev–Trinajstić information content (AvgIpc) is 3.29. The first-order valence-electron chi connectivity index (χ1n) is 11.0. The fraction of sp³-hybridized carbons (Fsp3) is 0.360. The van der Waals surface area contributed by atoms with Crippen LogP contribution in [0.2, 0.25) is 0 Å². The van der Waals surface area contributed by atoms with Gasteiger partial charge in [-0.1, -0.05) is 32.0 Å². The number of rotatable bonds is 5. The molecule has 176 valence electrons. The van der Waals surface area contributed by atoms with Crippen LogP contribution in [0.1, 0.15) is 32.3 Å². The molecule has 1 fully saturated rings. The highest BCUT2D eigenvalue weighted by Crippen LogP contribution is 2.47. The van der Waals surface area contributed by atoms with E-state index < -0.39 is 40.9 Å². The lowest BCUT2D eigenvalue weighted by atomic mass is 9.80. The Bertz CT molecular complexity index is 1190. The molecule has 1 saturated heterocycles. The first kappa shape index (κ1) is 23.4. The van der Waals surface area contributed by atoms with Crippen molar-refractivity contribution in [1.29, 1.82) is 0 Å². The third kappa shape index (κ3) is 4.12. The fourth-order valence-corrected chi connectivity index (χ4v) is 4.80. The van der Waals surface area contributed by atoms with E-state index in [0.29, 0.717) is 11.8 Å². The molecule has 4 rings (SSSR count). The molecule has 0 aromatic heterocycles. The van der Waals surface area contributed by atoms with E-state index in [-0.39, 0.29) is 36.9 Å². The number of halogens is 2. The van der Waals surface area contributed by atoms with E-state index in [4.69, 9.17) is 6.57 Å². The second-order valence-corrected chi connectivity index (χ2v) is 9.19. The van der Waals surface area contributed by atoms with Crippen LogP contribution in [-0.2, 0) is 19.8 Å². The Kier molecular flexibility index (Phi) is 6.09. The van der Waals surface area contributed by atoms with E-state index in [1.807, 2.05) is 13.8 Å². The number of hydrogen-bond donors (Lipinski definition) is 2. The zero-order valence-electron chi connectivity index (χ0n) is 18.8. The SMILES string of the molecule is [C-]#[N+][C@@H]1C[C@@]2(CN1C(=O)[C@H](CC(C)C)C(=O)Nc1cc(F)cc(F)c1)C(=O)Nc1ccccc12. The number of anilines is 2. The average molecular weight is 466 g/mol. The normalized spacial score (nSPS) is 21.8. The molecule has 0 aliphatic carbocycles. The van der Waals surface area contributed by atoms with Crippen LogP contribution in [0.15, 0.2) is 42.5 Å². The minimum absolute atomic E-state index is 0.0296. The Morgan fingerprint density at radius 2 is 1.91 bits per heavy atom. The van der Waals surface area contributed by atoms with Crippen molar-refractivity contribution in [2.24, 2.45) is 11.8 Å². The van der Waals surface area contributed by atoms with Crippen LogP contribution < -0.4 is 10.6 Å². The molecular formula is C25H24F2N4O3. The zero-order chi connectivity index (χ0) is 24.6. The summed E-state index contributed by atoms with van der Waals surface area (Å²) in [5.41, 5.74) is 0.207. The highest BCUT2D eigenvalue weighted by atomic mass is 19.1. The van der Waals surface area contributed by atoms with Crippen LogP contribution in [0, 0.1) is 30.0 Å². The lowest BCUT2D eigenvalue weighted by molar-refractivity contribution is -0.141. The second kappa shape index (κ2) is 8.86.